The van der Waals surface area contributed by atoms with Crippen LogP contribution in [0.2, 0.25) is 0 Å². The standard InChI is InChI=1S/C25H21BrN4O3/c1-15-8-10-20(12-16(15)2)28-24(32)25(33)29-30-21-11-9-18(26)13-17(21)14-22(30)23(31)27-19-6-4-3-5-7-19/h3-14H,1-2H3,(H,27,31)(H,28,32)(H,29,33). The molecule has 0 saturated heterocycles. The summed E-state index contributed by atoms with van der Waals surface area (Å²) >= 11 is 3.42. The van der Waals surface area contributed by atoms with E-state index in [9.17, 15) is 14.4 Å². The van der Waals surface area contributed by atoms with Gasteiger partial charge in [0.2, 0.25) is 0 Å². The molecule has 0 radical (unpaired) electrons. The summed E-state index contributed by atoms with van der Waals surface area (Å²) in [7, 11) is 0. The van der Waals surface area contributed by atoms with Crippen molar-refractivity contribution in [1.29, 1.82) is 0 Å². The fourth-order valence-corrected chi connectivity index (χ4v) is 3.73. The molecular weight excluding hydrogens is 484 g/mol. The number of rotatable bonds is 4. The number of nitrogens with one attached hydrogen (secondary N) is 3. The van der Waals surface area contributed by atoms with Crippen molar-refractivity contribution in [2.45, 2.75) is 13.8 Å². The molecule has 0 aliphatic rings. The van der Waals surface area contributed by atoms with Gasteiger partial charge in [0.15, 0.2) is 0 Å². The van der Waals surface area contributed by atoms with Crippen molar-refractivity contribution in [3.8, 4) is 0 Å². The van der Waals surface area contributed by atoms with Crippen LogP contribution in [-0.2, 0) is 9.59 Å². The molecule has 1 heterocycles. The third kappa shape index (κ3) is 4.96. The van der Waals surface area contributed by atoms with Crippen molar-refractivity contribution < 1.29 is 14.4 Å². The predicted octanol–water partition coefficient (Wildman–Crippen LogP) is 4.98. The molecule has 166 valence electrons. The average Bonchev–Trinajstić information content (AvgIpc) is 3.14. The maximum atomic E-state index is 13.0. The summed E-state index contributed by atoms with van der Waals surface area (Å²) in [4.78, 5) is 38.3. The highest BCUT2D eigenvalue weighted by molar-refractivity contribution is 9.10. The number of hydrogen-bond donors (Lipinski definition) is 3. The quantitative estimate of drug-likeness (QED) is 0.342. The predicted molar refractivity (Wildman–Crippen MR) is 133 cm³/mol. The van der Waals surface area contributed by atoms with Gasteiger partial charge in [0.1, 0.15) is 5.69 Å². The number of fused-ring (bicyclic) bond motifs is 1. The second-order valence-electron chi connectivity index (χ2n) is 7.58. The van der Waals surface area contributed by atoms with Gasteiger partial charge in [-0.05, 0) is 73.5 Å². The normalized spacial score (nSPS) is 10.6. The molecule has 0 saturated carbocycles. The van der Waals surface area contributed by atoms with E-state index < -0.39 is 17.7 Å². The van der Waals surface area contributed by atoms with E-state index in [2.05, 4.69) is 32.0 Å². The first-order valence-corrected chi connectivity index (χ1v) is 11.0. The Labute approximate surface area is 198 Å². The lowest BCUT2D eigenvalue weighted by molar-refractivity contribution is -0.133. The van der Waals surface area contributed by atoms with E-state index in [0.29, 0.717) is 16.9 Å². The Morgan fingerprint density at radius 3 is 2.24 bits per heavy atom. The minimum Gasteiger partial charge on any atom is -0.321 e. The maximum absolute atomic E-state index is 13.0. The van der Waals surface area contributed by atoms with Gasteiger partial charge in [0.25, 0.3) is 5.91 Å². The van der Waals surface area contributed by atoms with Gasteiger partial charge in [-0.1, -0.05) is 40.2 Å². The van der Waals surface area contributed by atoms with E-state index >= 15 is 0 Å². The minimum atomic E-state index is -0.901. The van der Waals surface area contributed by atoms with Crippen LogP contribution >= 0.6 is 15.9 Å². The number of benzene rings is 3. The molecule has 1 aromatic heterocycles. The zero-order valence-electron chi connectivity index (χ0n) is 18.0. The van der Waals surface area contributed by atoms with Crippen molar-refractivity contribution in [3.63, 3.8) is 0 Å². The van der Waals surface area contributed by atoms with Gasteiger partial charge in [0.05, 0.1) is 5.52 Å². The SMILES string of the molecule is Cc1ccc(NC(=O)C(=O)Nn2c(C(=O)Nc3ccccc3)cc3cc(Br)ccc32)cc1C. The molecule has 4 aromatic rings. The van der Waals surface area contributed by atoms with E-state index in [1.807, 2.05) is 32.0 Å². The summed E-state index contributed by atoms with van der Waals surface area (Å²) in [6.45, 7) is 3.89. The van der Waals surface area contributed by atoms with E-state index in [4.69, 9.17) is 0 Å². The van der Waals surface area contributed by atoms with Crippen molar-refractivity contribution in [2.24, 2.45) is 0 Å². The number of aromatic nitrogens is 1. The second-order valence-corrected chi connectivity index (χ2v) is 8.50. The largest absolute Gasteiger partial charge is 0.328 e. The molecule has 0 unspecified atom stereocenters. The molecule has 0 aliphatic heterocycles. The highest BCUT2D eigenvalue weighted by atomic mass is 79.9. The van der Waals surface area contributed by atoms with Crippen LogP contribution < -0.4 is 16.1 Å². The van der Waals surface area contributed by atoms with Gasteiger partial charge in [-0.2, -0.15) is 0 Å². The first-order chi connectivity index (χ1) is 15.8. The number of nitrogens with zero attached hydrogens (tertiary/aromatic N) is 1. The van der Waals surface area contributed by atoms with E-state index in [-0.39, 0.29) is 5.69 Å². The Morgan fingerprint density at radius 1 is 0.758 bits per heavy atom. The first kappa shape index (κ1) is 22.3. The summed E-state index contributed by atoms with van der Waals surface area (Å²) in [5.41, 5.74) is 6.51. The topological polar surface area (TPSA) is 92.2 Å². The molecule has 33 heavy (non-hydrogen) atoms. The van der Waals surface area contributed by atoms with Crippen LogP contribution in [0.3, 0.4) is 0 Å². The van der Waals surface area contributed by atoms with E-state index in [1.54, 1.807) is 54.6 Å². The lowest BCUT2D eigenvalue weighted by Gasteiger charge is -2.13. The van der Waals surface area contributed by atoms with Crippen LogP contribution in [0.15, 0.2) is 77.3 Å². The Hall–Kier alpha value is -3.91. The second kappa shape index (κ2) is 9.30. The molecular formula is C25H21BrN4O3. The summed E-state index contributed by atoms with van der Waals surface area (Å²) < 4.78 is 2.14. The third-order valence-electron chi connectivity index (χ3n) is 5.21. The van der Waals surface area contributed by atoms with Crippen molar-refractivity contribution >= 4 is 55.9 Å². The lowest BCUT2D eigenvalue weighted by atomic mass is 10.1. The minimum absolute atomic E-state index is 0.180. The highest BCUT2D eigenvalue weighted by Gasteiger charge is 2.21. The summed E-state index contributed by atoms with van der Waals surface area (Å²) in [6.07, 6.45) is 0. The third-order valence-corrected chi connectivity index (χ3v) is 5.71. The van der Waals surface area contributed by atoms with Crippen LogP contribution in [0.5, 0.6) is 0 Å². The fraction of sp³-hybridized carbons (Fsp3) is 0.0800. The van der Waals surface area contributed by atoms with Crippen molar-refractivity contribution in [1.82, 2.24) is 4.68 Å². The van der Waals surface area contributed by atoms with E-state index in [0.717, 1.165) is 21.0 Å². The number of para-hydroxylation sites is 1. The number of halogens is 1. The maximum Gasteiger partial charge on any atom is 0.328 e. The van der Waals surface area contributed by atoms with Crippen LogP contribution in [0.4, 0.5) is 11.4 Å². The Kier molecular flexibility index (Phi) is 6.28. The molecule has 3 N–H and O–H groups in total. The zero-order chi connectivity index (χ0) is 23.5. The number of hydrogen-bond acceptors (Lipinski definition) is 3. The molecule has 0 bridgehead atoms. The molecule has 0 fully saturated rings. The molecule has 7 nitrogen and oxygen atoms in total. The molecule has 4 rings (SSSR count). The molecule has 0 aliphatic carbocycles. The van der Waals surface area contributed by atoms with Crippen LogP contribution in [0.25, 0.3) is 10.9 Å². The Bertz CT molecular complexity index is 1380. The summed E-state index contributed by atoms with van der Waals surface area (Å²) in [5.74, 6) is -2.17. The number of amides is 3. The number of carbonyl (C=O) groups is 3. The number of aryl methyl sites for hydroxylation is 2. The highest BCUT2D eigenvalue weighted by Crippen LogP contribution is 2.24. The van der Waals surface area contributed by atoms with Crippen molar-refractivity contribution in [3.05, 3.63) is 94.1 Å². The lowest BCUT2D eigenvalue weighted by Crippen LogP contribution is -2.36. The average molecular weight is 505 g/mol. The van der Waals surface area contributed by atoms with E-state index in [1.165, 1.54) is 4.68 Å². The van der Waals surface area contributed by atoms with Gasteiger partial charge < -0.3 is 10.6 Å². The van der Waals surface area contributed by atoms with Crippen LogP contribution in [0, 0.1) is 13.8 Å². The Balaban J connectivity index is 1.62. The summed E-state index contributed by atoms with van der Waals surface area (Å²) in [6, 6.07) is 21.4. The fourth-order valence-electron chi connectivity index (χ4n) is 3.35. The van der Waals surface area contributed by atoms with Gasteiger partial charge >= 0.3 is 11.8 Å². The van der Waals surface area contributed by atoms with Crippen LogP contribution in [0.1, 0.15) is 21.6 Å². The zero-order valence-corrected chi connectivity index (χ0v) is 19.6. The van der Waals surface area contributed by atoms with Gasteiger partial charge in [-0.3, -0.25) is 19.8 Å². The van der Waals surface area contributed by atoms with Gasteiger partial charge in [0, 0.05) is 21.2 Å². The first-order valence-electron chi connectivity index (χ1n) is 10.2. The molecule has 3 aromatic carbocycles. The molecule has 3 amide bonds. The number of carbonyl (C=O) groups excluding carboxylic acids is 3. The smallest absolute Gasteiger partial charge is 0.321 e. The van der Waals surface area contributed by atoms with Gasteiger partial charge in [-0.25, -0.2) is 4.68 Å². The van der Waals surface area contributed by atoms with Crippen LogP contribution in [-0.4, -0.2) is 22.4 Å². The molecule has 0 spiro atoms. The summed E-state index contributed by atoms with van der Waals surface area (Å²) in [5, 5.41) is 6.12. The van der Waals surface area contributed by atoms with Gasteiger partial charge in [-0.15, -0.1) is 0 Å². The monoisotopic (exact) mass is 504 g/mol. The molecule has 0 atom stereocenters. The Morgan fingerprint density at radius 2 is 1.52 bits per heavy atom. The van der Waals surface area contributed by atoms with Crippen molar-refractivity contribution in [2.75, 3.05) is 16.1 Å². The molecule has 8 heteroatoms. The number of anilines is 2.